The van der Waals surface area contributed by atoms with E-state index in [4.69, 9.17) is 9.59 Å². The second-order valence-corrected chi connectivity index (χ2v) is 6.32. The van der Waals surface area contributed by atoms with Crippen molar-refractivity contribution in [2.45, 2.75) is 25.8 Å². The largest absolute Gasteiger partial charge is 0.479 e. The van der Waals surface area contributed by atoms with E-state index in [9.17, 15) is 19.5 Å². The topological polar surface area (TPSA) is 109 Å². The first kappa shape index (κ1) is 19.8. The fourth-order valence-electron chi connectivity index (χ4n) is 2.99. The Labute approximate surface area is 155 Å². The Kier molecular flexibility index (Phi) is 5.68. The lowest BCUT2D eigenvalue weighted by Crippen LogP contribution is -2.56. The van der Waals surface area contributed by atoms with Gasteiger partial charge in [0.05, 0.1) is 11.1 Å². The number of carboxylic acid groups (broad SMARTS) is 1. The zero-order chi connectivity index (χ0) is 20.2. The molecule has 1 atom stereocenters. The number of amides is 2. The summed E-state index contributed by atoms with van der Waals surface area (Å²) in [7, 11) is 0. The molecule has 3 rings (SSSR count). The number of fused-ring (bicyclic) bond motifs is 1. The molecule has 0 bridgehead atoms. The quantitative estimate of drug-likeness (QED) is 0.829. The Morgan fingerprint density at radius 2 is 1.44 bits per heavy atom. The first-order valence-corrected chi connectivity index (χ1v) is 8.02. The van der Waals surface area contributed by atoms with E-state index in [1.54, 1.807) is 24.3 Å². The molecule has 1 aliphatic rings. The third kappa shape index (κ3) is 3.68. The average Bonchev–Trinajstić information content (AvgIpc) is 2.89. The van der Waals surface area contributed by atoms with Gasteiger partial charge in [-0.2, -0.15) is 9.59 Å². The third-order valence-corrected chi connectivity index (χ3v) is 4.42. The number of aliphatic carboxylic acids is 1. The maximum absolute atomic E-state index is 12.6. The van der Waals surface area contributed by atoms with Gasteiger partial charge in [-0.3, -0.25) is 14.5 Å². The van der Waals surface area contributed by atoms with Crippen LogP contribution < -0.4 is 0 Å². The number of carboxylic acids is 1. The van der Waals surface area contributed by atoms with Crippen LogP contribution in [0.2, 0.25) is 0 Å². The monoisotopic (exact) mass is 367 g/mol. The molecule has 0 fully saturated rings. The van der Waals surface area contributed by atoms with Crippen molar-refractivity contribution in [2.75, 3.05) is 0 Å². The van der Waals surface area contributed by atoms with Gasteiger partial charge < -0.3 is 5.11 Å². The van der Waals surface area contributed by atoms with Gasteiger partial charge in [0.2, 0.25) is 0 Å². The lowest BCUT2D eigenvalue weighted by molar-refractivity contribution is -0.191. The van der Waals surface area contributed by atoms with Gasteiger partial charge in [0.1, 0.15) is 5.54 Å². The van der Waals surface area contributed by atoms with Crippen molar-refractivity contribution >= 4 is 23.9 Å². The van der Waals surface area contributed by atoms with E-state index >= 15 is 0 Å². The second kappa shape index (κ2) is 7.76. The van der Waals surface area contributed by atoms with Crippen LogP contribution in [0.25, 0.3) is 0 Å². The Morgan fingerprint density at radius 3 is 1.85 bits per heavy atom. The molecule has 27 heavy (non-hydrogen) atoms. The molecule has 0 saturated carbocycles. The van der Waals surface area contributed by atoms with Crippen LogP contribution in [0.1, 0.15) is 38.8 Å². The molecule has 1 N–H and O–H groups in total. The summed E-state index contributed by atoms with van der Waals surface area (Å²) in [6.07, 6.45) is 0.300. The molecule has 1 heterocycles. The van der Waals surface area contributed by atoms with E-state index in [-0.39, 0.29) is 23.7 Å². The molecule has 2 amide bonds. The summed E-state index contributed by atoms with van der Waals surface area (Å²) in [5.41, 5.74) is 0.652. The minimum absolute atomic E-state index is 0.0497. The van der Waals surface area contributed by atoms with Crippen LogP contribution in [0.15, 0.2) is 48.5 Å². The van der Waals surface area contributed by atoms with Crippen molar-refractivity contribution in [3.05, 3.63) is 70.8 Å². The third-order valence-electron chi connectivity index (χ3n) is 4.42. The highest BCUT2D eigenvalue weighted by Crippen LogP contribution is 2.32. The zero-order valence-electron chi connectivity index (χ0n) is 14.8. The Morgan fingerprint density at radius 1 is 1.00 bits per heavy atom. The number of nitrogens with zero attached hydrogens (tertiary/aromatic N) is 1. The van der Waals surface area contributed by atoms with Crippen LogP contribution in [0.3, 0.4) is 0 Å². The Balaban J connectivity index is 0.000000817. The van der Waals surface area contributed by atoms with Gasteiger partial charge in [0.25, 0.3) is 11.8 Å². The van der Waals surface area contributed by atoms with Gasteiger partial charge >= 0.3 is 12.1 Å². The number of aryl methyl sites for hydroxylation is 1. The number of rotatable bonds is 4. The average molecular weight is 367 g/mol. The van der Waals surface area contributed by atoms with E-state index < -0.39 is 23.3 Å². The van der Waals surface area contributed by atoms with Crippen LogP contribution >= 0.6 is 0 Å². The molecule has 138 valence electrons. The molecular weight excluding hydrogens is 350 g/mol. The summed E-state index contributed by atoms with van der Waals surface area (Å²) >= 11 is 0. The van der Waals surface area contributed by atoms with Crippen molar-refractivity contribution < 1.29 is 29.1 Å². The van der Waals surface area contributed by atoms with Crippen LogP contribution in [0.5, 0.6) is 0 Å². The summed E-state index contributed by atoms with van der Waals surface area (Å²) < 4.78 is 0. The molecule has 7 heteroatoms. The minimum atomic E-state index is -1.65. The van der Waals surface area contributed by atoms with Crippen molar-refractivity contribution in [1.82, 2.24) is 4.90 Å². The second-order valence-electron chi connectivity index (χ2n) is 6.32. The summed E-state index contributed by atoms with van der Waals surface area (Å²) in [5.74, 6) is -2.34. The van der Waals surface area contributed by atoms with Gasteiger partial charge in [0.15, 0.2) is 0 Å². The smallest absolute Gasteiger partial charge is 0.373 e. The Bertz CT molecular complexity index is 893. The molecule has 1 aliphatic heterocycles. The molecule has 7 nitrogen and oxygen atoms in total. The summed E-state index contributed by atoms with van der Waals surface area (Å²) in [6, 6.07) is 13.8. The van der Waals surface area contributed by atoms with Gasteiger partial charge in [0, 0.05) is 6.42 Å². The summed E-state index contributed by atoms with van der Waals surface area (Å²) in [6.45, 7) is 3.35. The summed E-state index contributed by atoms with van der Waals surface area (Å²) in [4.78, 5) is 54.4. The standard InChI is InChI=1S/C19H17NO4.CO2/c1-12-7-9-13(10-8-12)11-19(2,18(23)24)20-16(21)14-5-3-4-6-15(14)17(20)22;2-1-3/h3-10H,11H2,1-2H3,(H,23,24);/t19-;/m0./s1. The maximum Gasteiger partial charge on any atom is 0.373 e. The number of hydrogen-bond donors (Lipinski definition) is 1. The number of imide groups is 1. The molecule has 0 spiro atoms. The first-order chi connectivity index (χ1) is 12.8. The number of hydrogen-bond acceptors (Lipinski definition) is 5. The van der Waals surface area contributed by atoms with Crippen molar-refractivity contribution in [2.24, 2.45) is 0 Å². The normalized spacial score (nSPS) is 14.5. The van der Waals surface area contributed by atoms with Gasteiger partial charge in [-0.05, 0) is 31.5 Å². The van der Waals surface area contributed by atoms with Crippen molar-refractivity contribution in [3.8, 4) is 0 Å². The van der Waals surface area contributed by atoms with E-state index in [0.717, 1.165) is 16.0 Å². The van der Waals surface area contributed by atoms with E-state index in [1.807, 2.05) is 31.2 Å². The fraction of sp³-hybridized carbons (Fsp3) is 0.200. The highest BCUT2D eigenvalue weighted by Gasteiger charge is 2.50. The highest BCUT2D eigenvalue weighted by atomic mass is 16.4. The van der Waals surface area contributed by atoms with E-state index in [1.165, 1.54) is 6.92 Å². The van der Waals surface area contributed by atoms with Crippen LogP contribution in [-0.4, -0.2) is 39.5 Å². The van der Waals surface area contributed by atoms with Crippen LogP contribution in [-0.2, 0) is 20.8 Å². The molecule has 2 aromatic carbocycles. The molecule has 0 saturated heterocycles. The lowest BCUT2D eigenvalue weighted by atomic mass is 9.90. The van der Waals surface area contributed by atoms with Crippen molar-refractivity contribution in [1.29, 1.82) is 0 Å². The zero-order valence-corrected chi connectivity index (χ0v) is 14.8. The minimum Gasteiger partial charge on any atom is -0.479 e. The SMILES string of the molecule is Cc1ccc(C[C@@](C)(C(=O)O)N2C(=O)c3ccccc3C2=O)cc1.O=C=O. The molecular formula is C20H17NO6. The Hall–Kier alpha value is -3.57. The van der Waals surface area contributed by atoms with E-state index in [2.05, 4.69) is 0 Å². The van der Waals surface area contributed by atoms with Gasteiger partial charge in [-0.15, -0.1) is 0 Å². The maximum atomic E-state index is 12.6. The van der Waals surface area contributed by atoms with Crippen molar-refractivity contribution in [3.63, 3.8) is 0 Å². The molecule has 0 aromatic heterocycles. The lowest BCUT2D eigenvalue weighted by Gasteiger charge is -2.33. The van der Waals surface area contributed by atoms with Crippen LogP contribution in [0.4, 0.5) is 0 Å². The van der Waals surface area contributed by atoms with Gasteiger partial charge in [-0.1, -0.05) is 42.0 Å². The van der Waals surface area contributed by atoms with Gasteiger partial charge in [-0.25, -0.2) is 4.79 Å². The summed E-state index contributed by atoms with van der Waals surface area (Å²) in [5, 5.41) is 9.78. The first-order valence-electron chi connectivity index (χ1n) is 8.02. The number of carbonyl (C=O) groups is 3. The predicted molar refractivity (Wildman–Crippen MR) is 92.9 cm³/mol. The van der Waals surface area contributed by atoms with E-state index in [0.29, 0.717) is 0 Å². The predicted octanol–water partition coefficient (Wildman–Crippen LogP) is 2.09. The molecule has 0 radical (unpaired) electrons. The molecule has 2 aromatic rings. The molecule has 0 unspecified atom stereocenters. The fourth-order valence-corrected chi connectivity index (χ4v) is 2.99. The molecule has 0 aliphatic carbocycles. The van der Waals surface area contributed by atoms with Crippen LogP contribution in [0, 0.1) is 6.92 Å². The number of carbonyl (C=O) groups excluding carboxylic acids is 4. The number of benzene rings is 2. The highest BCUT2D eigenvalue weighted by molar-refractivity contribution is 6.23.